The van der Waals surface area contributed by atoms with Crippen molar-refractivity contribution in [1.29, 1.82) is 0 Å². The van der Waals surface area contributed by atoms with Gasteiger partial charge in [0.1, 0.15) is 0 Å². The van der Waals surface area contributed by atoms with Gasteiger partial charge in [-0.3, -0.25) is 0 Å². The largest absolute Gasteiger partial charge is 0.302 e. The van der Waals surface area contributed by atoms with Gasteiger partial charge >= 0.3 is 0 Å². The summed E-state index contributed by atoms with van der Waals surface area (Å²) < 4.78 is 0.804. The lowest BCUT2D eigenvalue weighted by atomic mass is 10.3. The van der Waals surface area contributed by atoms with Gasteiger partial charge in [-0.1, -0.05) is 16.8 Å². The van der Waals surface area contributed by atoms with Crippen LogP contribution in [0.4, 0.5) is 0 Å². The van der Waals surface area contributed by atoms with Crippen LogP contribution >= 0.6 is 22.9 Å². The summed E-state index contributed by atoms with van der Waals surface area (Å²) in [6, 6.07) is 4.15. The molecule has 7 heteroatoms. The van der Waals surface area contributed by atoms with Crippen molar-refractivity contribution in [3.63, 3.8) is 0 Å². The Bertz CT molecular complexity index is 412. The van der Waals surface area contributed by atoms with Gasteiger partial charge in [0.2, 0.25) is 0 Å². The van der Waals surface area contributed by atoms with Crippen molar-refractivity contribution in [1.82, 2.24) is 25.9 Å². The molecule has 0 aliphatic carbocycles. The number of aromatic amines is 1. The molecule has 80 valence electrons. The maximum atomic E-state index is 5.86. The van der Waals surface area contributed by atoms with Gasteiger partial charge < -0.3 is 5.32 Å². The van der Waals surface area contributed by atoms with Gasteiger partial charge in [-0.15, -0.1) is 21.5 Å². The molecule has 2 rings (SSSR count). The Labute approximate surface area is 95.9 Å². The molecule has 0 aliphatic rings. The molecule has 0 saturated carbocycles. The minimum absolute atomic E-state index is 0.237. The van der Waals surface area contributed by atoms with Crippen LogP contribution in [0.3, 0.4) is 0 Å². The third kappa shape index (κ3) is 2.74. The number of hydrogen-bond acceptors (Lipinski definition) is 5. The van der Waals surface area contributed by atoms with E-state index in [4.69, 9.17) is 11.6 Å². The van der Waals surface area contributed by atoms with E-state index in [1.807, 2.05) is 12.1 Å². The summed E-state index contributed by atoms with van der Waals surface area (Å²) >= 11 is 7.43. The van der Waals surface area contributed by atoms with Crippen molar-refractivity contribution in [3.05, 3.63) is 27.2 Å². The van der Waals surface area contributed by atoms with Crippen LogP contribution in [0.1, 0.15) is 23.7 Å². The Kier molecular flexibility index (Phi) is 3.30. The Morgan fingerprint density at radius 2 is 2.47 bits per heavy atom. The quantitative estimate of drug-likeness (QED) is 0.859. The van der Waals surface area contributed by atoms with E-state index in [1.54, 1.807) is 11.3 Å². The van der Waals surface area contributed by atoms with E-state index in [-0.39, 0.29) is 6.04 Å². The molecule has 0 spiro atoms. The first-order chi connectivity index (χ1) is 7.25. The SMILES string of the molecule is CC(NCc1nn[nH]n1)c1ccc(Cl)s1. The fourth-order valence-electron chi connectivity index (χ4n) is 1.16. The maximum absolute atomic E-state index is 5.86. The summed E-state index contributed by atoms with van der Waals surface area (Å²) in [7, 11) is 0. The molecule has 0 saturated heterocycles. The second-order valence-corrected chi connectivity index (χ2v) is 4.82. The highest BCUT2D eigenvalue weighted by atomic mass is 35.5. The lowest BCUT2D eigenvalue weighted by Crippen LogP contribution is -2.17. The van der Waals surface area contributed by atoms with E-state index in [9.17, 15) is 0 Å². The molecule has 0 fully saturated rings. The first kappa shape index (κ1) is 10.5. The van der Waals surface area contributed by atoms with E-state index in [0.29, 0.717) is 12.4 Å². The van der Waals surface area contributed by atoms with Crippen LogP contribution in [0.5, 0.6) is 0 Å². The smallest absolute Gasteiger partial charge is 0.188 e. The summed E-state index contributed by atoms with van der Waals surface area (Å²) in [4.78, 5) is 1.20. The fraction of sp³-hybridized carbons (Fsp3) is 0.375. The number of aromatic nitrogens is 4. The highest BCUT2D eigenvalue weighted by molar-refractivity contribution is 7.16. The van der Waals surface area contributed by atoms with Gasteiger partial charge in [0.25, 0.3) is 0 Å². The van der Waals surface area contributed by atoms with Gasteiger partial charge in [-0.05, 0) is 19.1 Å². The molecule has 0 amide bonds. The van der Waals surface area contributed by atoms with Crippen molar-refractivity contribution in [3.8, 4) is 0 Å². The molecule has 2 heterocycles. The first-order valence-electron chi connectivity index (χ1n) is 4.46. The third-order valence-electron chi connectivity index (χ3n) is 1.98. The Morgan fingerprint density at radius 3 is 3.07 bits per heavy atom. The molecule has 0 aromatic carbocycles. The van der Waals surface area contributed by atoms with Crippen molar-refractivity contribution in [2.24, 2.45) is 0 Å². The normalized spacial score (nSPS) is 12.9. The molecule has 15 heavy (non-hydrogen) atoms. The Hall–Kier alpha value is -0.980. The minimum Gasteiger partial charge on any atom is -0.302 e. The van der Waals surface area contributed by atoms with Crippen LogP contribution in [-0.2, 0) is 6.54 Å². The highest BCUT2D eigenvalue weighted by Gasteiger charge is 2.08. The fourth-order valence-corrected chi connectivity index (χ4v) is 2.25. The molecule has 2 aromatic heterocycles. The monoisotopic (exact) mass is 243 g/mol. The summed E-state index contributed by atoms with van der Waals surface area (Å²) in [5.74, 6) is 0.657. The van der Waals surface area contributed by atoms with Crippen molar-refractivity contribution >= 4 is 22.9 Å². The summed E-state index contributed by atoms with van der Waals surface area (Å²) in [6.07, 6.45) is 0. The number of thiophene rings is 1. The van der Waals surface area contributed by atoms with Gasteiger partial charge in [0.05, 0.1) is 10.9 Å². The molecule has 0 bridgehead atoms. The molecule has 1 unspecified atom stereocenters. The lowest BCUT2D eigenvalue weighted by molar-refractivity contribution is 0.567. The van der Waals surface area contributed by atoms with E-state index in [0.717, 1.165) is 4.34 Å². The van der Waals surface area contributed by atoms with Crippen LogP contribution in [0.2, 0.25) is 4.34 Å². The van der Waals surface area contributed by atoms with E-state index in [1.165, 1.54) is 4.88 Å². The number of tetrazole rings is 1. The van der Waals surface area contributed by atoms with Gasteiger partial charge in [-0.25, -0.2) is 0 Å². The first-order valence-corrected chi connectivity index (χ1v) is 5.66. The Morgan fingerprint density at radius 1 is 1.60 bits per heavy atom. The van der Waals surface area contributed by atoms with Crippen LogP contribution in [0.25, 0.3) is 0 Å². The highest BCUT2D eigenvalue weighted by Crippen LogP contribution is 2.26. The van der Waals surface area contributed by atoms with Gasteiger partial charge in [0.15, 0.2) is 5.82 Å². The van der Waals surface area contributed by atoms with Crippen molar-refractivity contribution in [2.45, 2.75) is 19.5 Å². The molecule has 2 N–H and O–H groups in total. The number of hydrogen-bond donors (Lipinski definition) is 2. The average molecular weight is 244 g/mol. The van der Waals surface area contributed by atoms with Crippen LogP contribution in [0, 0.1) is 0 Å². The molecule has 0 radical (unpaired) electrons. The zero-order valence-corrected chi connectivity index (χ0v) is 9.64. The van der Waals surface area contributed by atoms with Crippen LogP contribution in [-0.4, -0.2) is 20.6 Å². The third-order valence-corrected chi connectivity index (χ3v) is 3.39. The maximum Gasteiger partial charge on any atom is 0.188 e. The molecule has 1 atom stereocenters. The van der Waals surface area contributed by atoms with Gasteiger partial charge in [0, 0.05) is 10.9 Å². The number of H-pyrrole nitrogens is 1. The summed E-state index contributed by atoms with van der Waals surface area (Å²) in [5, 5.41) is 16.9. The molecular formula is C8H10ClN5S. The average Bonchev–Trinajstić information content (AvgIpc) is 2.84. The van der Waals surface area contributed by atoms with E-state index in [2.05, 4.69) is 32.9 Å². The van der Waals surface area contributed by atoms with Crippen molar-refractivity contribution in [2.75, 3.05) is 0 Å². The molecular weight excluding hydrogens is 234 g/mol. The zero-order chi connectivity index (χ0) is 10.7. The number of rotatable bonds is 4. The van der Waals surface area contributed by atoms with Crippen molar-refractivity contribution < 1.29 is 0 Å². The molecule has 0 aliphatic heterocycles. The summed E-state index contributed by atoms with van der Waals surface area (Å²) in [6.45, 7) is 2.66. The second-order valence-electron chi connectivity index (χ2n) is 3.07. The number of nitrogens with one attached hydrogen (secondary N) is 2. The number of nitrogens with zero attached hydrogens (tertiary/aromatic N) is 3. The van der Waals surface area contributed by atoms with E-state index >= 15 is 0 Å². The standard InChI is InChI=1S/C8H10ClN5S/c1-5(6-2-3-7(9)15-6)10-4-8-11-13-14-12-8/h2-3,5,10H,4H2,1H3,(H,11,12,13,14). The van der Waals surface area contributed by atoms with Gasteiger partial charge in [-0.2, -0.15) is 5.21 Å². The van der Waals surface area contributed by atoms with Crippen LogP contribution < -0.4 is 5.32 Å². The summed E-state index contributed by atoms with van der Waals surface area (Å²) in [5.41, 5.74) is 0. The second kappa shape index (κ2) is 4.69. The lowest BCUT2D eigenvalue weighted by Gasteiger charge is -2.09. The zero-order valence-electron chi connectivity index (χ0n) is 8.07. The minimum atomic E-state index is 0.237. The van der Waals surface area contributed by atoms with E-state index < -0.39 is 0 Å². The van der Waals surface area contributed by atoms with Crippen LogP contribution in [0.15, 0.2) is 12.1 Å². The predicted molar refractivity (Wildman–Crippen MR) is 58.8 cm³/mol. The number of halogens is 1. The predicted octanol–water partition coefficient (Wildman–Crippen LogP) is 1.77. The molecule has 2 aromatic rings. The topological polar surface area (TPSA) is 66.5 Å². The molecule has 5 nitrogen and oxygen atoms in total. The Balaban J connectivity index is 1.90.